The van der Waals surface area contributed by atoms with Gasteiger partial charge in [-0.05, 0) is 42.3 Å². The second-order valence-electron chi connectivity index (χ2n) is 8.34. The van der Waals surface area contributed by atoms with Gasteiger partial charge in [0.2, 0.25) is 11.3 Å². The Balaban J connectivity index is 1.17. The number of nitriles is 1. The van der Waals surface area contributed by atoms with Gasteiger partial charge in [-0.25, -0.2) is 4.98 Å². The van der Waals surface area contributed by atoms with Crippen LogP contribution in [0.1, 0.15) is 23.4 Å². The van der Waals surface area contributed by atoms with Crippen molar-refractivity contribution in [1.82, 2.24) is 14.9 Å². The summed E-state index contributed by atoms with van der Waals surface area (Å²) in [5, 5.41) is 10.3. The fraction of sp³-hybridized carbons (Fsp3) is 0.280. The molecule has 1 N–H and O–H groups in total. The SMILES string of the molecule is Cc1nc2ccc3c(c2o1)O[C@@H](CN1CC=C(c2c[nH]c4ccc(C#N)cc24)CC1)CO3. The highest BCUT2D eigenvalue weighted by molar-refractivity contribution is 5.93. The van der Waals surface area contributed by atoms with Gasteiger partial charge >= 0.3 is 0 Å². The number of hydrogen-bond acceptors (Lipinski definition) is 6. The Kier molecular flexibility index (Phi) is 4.40. The van der Waals surface area contributed by atoms with Gasteiger partial charge in [0.15, 0.2) is 11.6 Å². The molecule has 0 saturated heterocycles. The summed E-state index contributed by atoms with van der Waals surface area (Å²) in [5.74, 6) is 1.98. The van der Waals surface area contributed by atoms with Crippen molar-refractivity contribution in [1.29, 1.82) is 5.26 Å². The molecule has 7 nitrogen and oxygen atoms in total. The number of nitrogens with one attached hydrogen (secondary N) is 1. The van der Waals surface area contributed by atoms with Crippen LogP contribution >= 0.6 is 0 Å². The molecule has 1 atom stereocenters. The first-order chi connectivity index (χ1) is 15.7. The maximum atomic E-state index is 9.23. The van der Waals surface area contributed by atoms with Gasteiger partial charge in [0.25, 0.3) is 0 Å². The number of nitrogens with zero attached hydrogens (tertiary/aromatic N) is 3. The Bertz CT molecular complexity index is 1410. The first-order valence-electron chi connectivity index (χ1n) is 10.8. The van der Waals surface area contributed by atoms with Crippen LogP contribution < -0.4 is 9.47 Å². The molecule has 0 bridgehead atoms. The molecule has 7 heteroatoms. The minimum atomic E-state index is -0.0697. The Morgan fingerprint density at radius 2 is 2.22 bits per heavy atom. The van der Waals surface area contributed by atoms with E-state index in [0.29, 0.717) is 35.1 Å². The van der Waals surface area contributed by atoms with Gasteiger partial charge < -0.3 is 18.9 Å². The molecule has 4 aromatic rings. The number of aromatic nitrogens is 2. The van der Waals surface area contributed by atoms with Crippen LogP contribution in [0.5, 0.6) is 11.5 Å². The van der Waals surface area contributed by atoms with Crippen molar-refractivity contribution < 1.29 is 13.9 Å². The van der Waals surface area contributed by atoms with Crippen LogP contribution in [0.15, 0.2) is 47.0 Å². The average molecular weight is 426 g/mol. The maximum absolute atomic E-state index is 9.23. The zero-order chi connectivity index (χ0) is 21.7. The van der Waals surface area contributed by atoms with E-state index in [9.17, 15) is 5.26 Å². The maximum Gasteiger partial charge on any atom is 0.207 e. The van der Waals surface area contributed by atoms with Gasteiger partial charge in [0.05, 0.1) is 11.6 Å². The molecule has 0 unspecified atom stereocenters. The highest BCUT2D eigenvalue weighted by Gasteiger charge is 2.28. The molecule has 2 aromatic carbocycles. The van der Waals surface area contributed by atoms with Gasteiger partial charge in [-0.3, -0.25) is 4.90 Å². The zero-order valence-electron chi connectivity index (χ0n) is 17.7. The summed E-state index contributed by atoms with van der Waals surface area (Å²) in [6.07, 6.45) is 5.20. The summed E-state index contributed by atoms with van der Waals surface area (Å²) in [4.78, 5) is 10.1. The lowest BCUT2D eigenvalue weighted by Gasteiger charge is -2.32. The summed E-state index contributed by atoms with van der Waals surface area (Å²) in [6.45, 7) is 4.91. The summed E-state index contributed by atoms with van der Waals surface area (Å²) >= 11 is 0. The summed E-state index contributed by atoms with van der Waals surface area (Å²) in [7, 11) is 0. The number of benzene rings is 2. The van der Waals surface area contributed by atoms with Gasteiger partial charge in [0, 0.05) is 49.2 Å². The topological polar surface area (TPSA) is 87.3 Å². The Hall–Kier alpha value is -3.76. The smallest absolute Gasteiger partial charge is 0.207 e. The molecule has 0 aliphatic carbocycles. The predicted octanol–water partition coefficient (Wildman–Crippen LogP) is 4.42. The highest BCUT2D eigenvalue weighted by Crippen LogP contribution is 2.39. The van der Waals surface area contributed by atoms with E-state index in [0.717, 1.165) is 42.5 Å². The summed E-state index contributed by atoms with van der Waals surface area (Å²) in [5.41, 5.74) is 5.68. The quantitative estimate of drug-likeness (QED) is 0.522. The second-order valence-corrected chi connectivity index (χ2v) is 8.34. The largest absolute Gasteiger partial charge is 0.486 e. The van der Waals surface area contributed by atoms with Crippen molar-refractivity contribution >= 4 is 27.6 Å². The lowest BCUT2D eigenvalue weighted by Crippen LogP contribution is -2.42. The van der Waals surface area contributed by atoms with Gasteiger partial charge in [0.1, 0.15) is 18.2 Å². The van der Waals surface area contributed by atoms with E-state index in [2.05, 4.69) is 27.0 Å². The Labute approximate surface area is 184 Å². The fourth-order valence-corrected chi connectivity index (χ4v) is 4.63. The van der Waals surface area contributed by atoms with Crippen molar-refractivity contribution in [2.75, 3.05) is 26.2 Å². The third kappa shape index (κ3) is 3.20. The minimum absolute atomic E-state index is 0.0697. The van der Waals surface area contributed by atoms with E-state index < -0.39 is 0 Å². The highest BCUT2D eigenvalue weighted by atomic mass is 16.6. The van der Waals surface area contributed by atoms with Crippen molar-refractivity contribution in [3.8, 4) is 17.6 Å². The van der Waals surface area contributed by atoms with E-state index in [4.69, 9.17) is 13.9 Å². The van der Waals surface area contributed by atoms with Gasteiger partial charge in [-0.15, -0.1) is 0 Å². The third-order valence-corrected chi connectivity index (χ3v) is 6.20. The first kappa shape index (κ1) is 19.0. The molecule has 32 heavy (non-hydrogen) atoms. The third-order valence-electron chi connectivity index (χ3n) is 6.20. The van der Waals surface area contributed by atoms with Crippen molar-refractivity contribution in [2.24, 2.45) is 0 Å². The molecular weight excluding hydrogens is 404 g/mol. The second kappa shape index (κ2) is 7.43. The first-order valence-corrected chi connectivity index (χ1v) is 10.8. The number of aryl methyl sites for hydroxylation is 1. The van der Waals surface area contributed by atoms with E-state index in [1.165, 1.54) is 11.1 Å². The van der Waals surface area contributed by atoms with Crippen LogP contribution in [0.4, 0.5) is 0 Å². The molecule has 4 heterocycles. The zero-order valence-corrected chi connectivity index (χ0v) is 17.7. The lowest BCUT2D eigenvalue weighted by molar-refractivity contribution is 0.0621. The lowest BCUT2D eigenvalue weighted by atomic mass is 9.98. The van der Waals surface area contributed by atoms with Gasteiger partial charge in [-0.2, -0.15) is 5.26 Å². The number of rotatable bonds is 3. The Morgan fingerprint density at radius 1 is 1.28 bits per heavy atom. The van der Waals surface area contributed by atoms with Crippen LogP contribution in [-0.4, -0.2) is 47.2 Å². The van der Waals surface area contributed by atoms with Crippen molar-refractivity contribution in [3.05, 3.63) is 59.6 Å². The summed E-state index contributed by atoms with van der Waals surface area (Å²) in [6, 6.07) is 11.8. The standard InChI is InChI=1S/C25H22N4O3/c1-15-28-22-4-5-23-25(24(22)31-15)32-18(14-30-23)13-29-8-6-17(7-9-29)20-12-27-21-3-2-16(11-26)10-19(20)21/h2-6,10,12,18,27H,7-9,13-14H2,1H3/t18-/m0/s1. The molecule has 0 fully saturated rings. The Morgan fingerprint density at radius 3 is 3.06 bits per heavy atom. The van der Waals surface area contributed by atoms with Crippen LogP contribution in [0.2, 0.25) is 0 Å². The molecule has 2 aliphatic rings. The van der Waals surface area contributed by atoms with Crippen molar-refractivity contribution in [3.63, 3.8) is 0 Å². The predicted molar refractivity (Wildman–Crippen MR) is 121 cm³/mol. The number of H-pyrrole nitrogens is 1. The van der Waals surface area contributed by atoms with E-state index in [1.54, 1.807) is 0 Å². The minimum Gasteiger partial charge on any atom is -0.486 e. The van der Waals surface area contributed by atoms with Crippen LogP contribution in [-0.2, 0) is 0 Å². The fourth-order valence-electron chi connectivity index (χ4n) is 4.63. The monoisotopic (exact) mass is 426 g/mol. The van der Waals surface area contributed by atoms with Gasteiger partial charge in [-0.1, -0.05) is 6.08 Å². The number of ether oxygens (including phenoxy) is 2. The van der Waals surface area contributed by atoms with Crippen LogP contribution in [0.3, 0.4) is 0 Å². The molecule has 0 spiro atoms. The normalized spacial score (nSPS) is 18.6. The number of aromatic amines is 1. The molecule has 160 valence electrons. The van der Waals surface area contributed by atoms with Crippen molar-refractivity contribution in [2.45, 2.75) is 19.4 Å². The van der Waals surface area contributed by atoms with E-state index >= 15 is 0 Å². The summed E-state index contributed by atoms with van der Waals surface area (Å²) < 4.78 is 18.0. The number of hydrogen-bond donors (Lipinski definition) is 1. The molecule has 0 radical (unpaired) electrons. The molecule has 2 aliphatic heterocycles. The molecule has 6 rings (SSSR count). The average Bonchev–Trinajstić information content (AvgIpc) is 3.42. The van der Waals surface area contributed by atoms with E-state index in [-0.39, 0.29) is 6.10 Å². The molecular formula is C25H22N4O3. The van der Waals surface area contributed by atoms with Crippen LogP contribution in [0, 0.1) is 18.3 Å². The molecule has 0 amide bonds. The number of oxazole rings is 1. The van der Waals surface area contributed by atoms with E-state index in [1.807, 2.05) is 43.5 Å². The molecule has 2 aromatic heterocycles. The van der Waals surface area contributed by atoms with Crippen LogP contribution in [0.25, 0.3) is 27.6 Å². The molecule has 0 saturated carbocycles. The number of fused-ring (bicyclic) bond motifs is 4.